The molecule has 0 unspecified atom stereocenters. The van der Waals surface area contributed by atoms with Gasteiger partial charge in [-0.3, -0.25) is 0 Å². The molecule has 4 aromatic rings. The molecule has 0 aliphatic rings. The van der Waals surface area contributed by atoms with Crippen molar-refractivity contribution in [3.63, 3.8) is 0 Å². The maximum Gasteiger partial charge on any atom is 0.270 e. The second-order valence-electron chi connectivity index (χ2n) is 4.94. The molecule has 0 aliphatic carbocycles. The fourth-order valence-corrected chi connectivity index (χ4v) is 2.70. The Kier molecular flexibility index (Phi) is 2.89. The third-order valence-corrected chi connectivity index (χ3v) is 3.81. The number of rotatable bonds is 1. The highest BCUT2D eigenvalue weighted by atomic mass is 35.5. The van der Waals surface area contributed by atoms with Gasteiger partial charge in [-0.2, -0.15) is 10.4 Å². The van der Waals surface area contributed by atoms with Gasteiger partial charge in [0.25, 0.3) is 5.52 Å². The number of aromatic nitrogens is 4. The summed E-state index contributed by atoms with van der Waals surface area (Å²) < 4.78 is 1.48. The van der Waals surface area contributed by atoms with Crippen molar-refractivity contribution in [3.8, 4) is 17.3 Å². The fraction of sp³-hybridized carbons (Fsp3) is 0. The van der Waals surface area contributed by atoms with Crippen LogP contribution in [0.5, 0.6) is 0 Å². The first-order valence-corrected chi connectivity index (χ1v) is 7.14. The topological polar surface area (TPSA) is 80.9 Å². The molecule has 0 bridgehead atoms. The molecule has 0 aliphatic heterocycles. The molecule has 0 fully saturated rings. The Morgan fingerprint density at radius 3 is 2.70 bits per heavy atom. The summed E-state index contributed by atoms with van der Waals surface area (Å²) in [6.45, 7) is 0. The normalized spacial score (nSPS) is 11.0. The Morgan fingerprint density at radius 2 is 1.96 bits per heavy atom. The molecule has 23 heavy (non-hydrogen) atoms. The van der Waals surface area contributed by atoms with E-state index in [2.05, 4.69) is 16.3 Å². The third-order valence-electron chi connectivity index (χ3n) is 3.58. The molecule has 0 spiro atoms. The zero-order chi connectivity index (χ0) is 16.0. The Labute approximate surface area is 135 Å². The van der Waals surface area contributed by atoms with Crippen molar-refractivity contribution in [3.05, 3.63) is 64.3 Å². The van der Waals surface area contributed by atoms with Crippen LogP contribution >= 0.6 is 11.6 Å². The van der Waals surface area contributed by atoms with Crippen LogP contribution in [0, 0.1) is 16.5 Å². The lowest BCUT2D eigenvalue weighted by atomic mass is 10.1. The van der Waals surface area contributed by atoms with Gasteiger partial charge in [-0.15, -0.1) is 0 Å². The van der Waals surface area contributed by atoms with Crippen molar-refractivity contribution in [1.29, 1.82) is 5.26 Å². The number of hydrogen-bond donors (Lipinski definition) is 0. The summed E-state index contributed by atoms with van der Waals surface area (Å²) in [5, 5.41) is 30.5. The highest BCUT2D eigenvalue weighted by molar-refractivity contribution is 6.31. The quantitative estimate of drug-likeness (QED) is 0.399. The van der Waals surface area contributed by atoms with E-state index in [4.69, 9.17) is 11.6 Å². The van der Waals surface area contributed by atoms with Crippen molar-refractivity contribution in [2.24, 2.45) is 0 Å². The minimum absolute atomic E-state index is 0.205. The van der Waals surface area contributed by atoms with Crippen LogP contribution in [0.3, 0.4) is 0 Å². The predicted octanol–water partition coefficient (Wildman–Crippen LogP) is 2.71. The molecular formula is C16H8ClN5O. The van der Waals surface area contributed by atoms with Gasteiger partial charge in [0.05, 0.1) is 0 Å². The third kappa shape index (κ3) is 1.99. The summed E-state index contributed by atoms with van der Waals surface area (Å²) in [6, 6.07) is 16.2. The molecule has 2 aromatic carbocycles. The van der Waals surface area contributed by atoms with Crippen molar-refractivity contribution in [1.82, 2.24) is 14.7 Å². The van der Waals surface area contributed by atoms with Crippen LogP contribution in [-0.2, 0) is 0 Å². The lowest BCUT2D eigenvalue weighted by Crippen LogP contribution is -2.33. The van der Waals surface area contributed by atoms with E-state index in [0.717, 1.165) is 5.56 Å². The molecule has 7 heteroatoms. The molecule has 4 rings (SSSR count). The minimum Gasteiger partial charge on any atom is -0.594 e. The van der Waals surface area contributed by atoms with Crippen molar-refractivity contribution in [2.45, 2.75) is 0 Å². The molecule has 0 N–H and O–H groups in total. The van der Waals surface area contributed by atoms with E-state index in [1.54, 1.807) is 18.2 Å². The molecule has 0 atom stereocenters. The average molecular weight is 322 g/mol. The SMILES string of the molecule is N#Cc1c(-c2ccccc2)nn2c1n[n+]([O-])c1ccc(Cl)cc12. The van der Waals surface area contributed by atoms with Gasteiger partial charge in [-0.05, 0) is 17.0 Å². The van der Waals surface area contributed by atoms with Gasteiger partial charge < -0.3 is 5.21 Å². The molecule has 0 saturated carbocycles. The van der Waals surface area contributed by atoms with Crippen LogP contribution in [-0.4, -0.2) is 14.7 Å². The first-order chi connectivity index (χ1) is 11.2. The molecular weight excluding hydrogens is 314 g/mol. The smallest absolute Gasteiger partial charge is 0.270 e. The Balaban J connectivity index is 2.18. The largest absolute Gasteiger partial charge is 0.594 e. The molecule has 2 heterocycles. The number of halogens is 1. The summed E-state index contributed by atoms with van der Waals surface area (Å²) in [4.78, 5) is 0.484. The van der Waals surface area contributed by atoms with E-state index in [9.17, 15) is 10.5 Å². The van der Waals surface area contributed by atoms with E-state index >= 15 is 0 Å². The fourth-order valence-electron chi connectivity index (χ4n) is 2.54. The summed E-state index contributed by atoms with van der Waals surface area (Å²) in [7, 11) is 0. The van der Waals surface area contributed by atoms with Gasteiger partial charge in [0.1, 0.15) is 22.8 Å². The molecule has 6 nitrogen and oxygen atoms in total. The second kappa shape index (κ2) is 4.93. The van der Waals surface area contributed by atoms with Crippen molar-refractivity contribution in [2.75, 3.05) is 0 Å². The Morgan fingerprint density at radius 1 is 1.17 bits per heavy atom. The Hall–Kier alpha value is -3.17. The van der Waals surface area contributed by atoms with Crippen molar-refractivity contribution < 1.29 is 4.85 Å². The van der Waals surface area contributed by atoms with E-state index in [1.165, 1.54) is 4.52 Å². The number of nitriles is 1. The molecule has 0 saturated heterocycles. The van der Waals surface area contributed by atoms with E-state index in [1.807, 2.05) is 30.3 Å². The monoisotopic (exact) mass is 321 g/mol. The van der Waals surface area contributed by atoms with Crippen LogP contribution < -0.4 is 4.85 Å². The highest BCUT2D eigenvalue weighted by Crippen LogP contribution is 2.26. The molecule has 0 radical (unpaired) electrons. The number of nitrogens with zero attached hydrogens (tertiary/aromatic N) is 5. The summed E-state index contributed by atoms with van der Waals surface area (Å²) in [5.74, 6) is 0. The summed E-state index contributed by atoms with van der Waals surface area (Å²) in [5.41, 5.74) is 2.54. The van der Waals surface area contributed by atoms with Crippen LogP contribution in [0.1, 0.15) is 5.56 Å². The van der Waals surface area contributed by atoms with Gasteiger partial charge >= 0.3 is 0 Å². The molecule has 0 amide bonds. The van der Waals surface area contributed by atoms with E-state index in [-0.39, 0.29) is 11.2 Å². The van der Waals surface area contributed by atoms with Crippen LogP contribution in [0.2, 0.25) is 5.02 Å². The summed E-state index contributed by atoms with van der Waals surface area (Å²) >= 11 is 6.03. The first kappa shape index (κ1) is 13.5. The van der Waals surface area contributed by atoms with Gasteiger partial charge in [0.2, 0.25) is 5.65 Å². The van der Waals surface area contributed by atoms with E-state index in [0.29, 0.717) is 26.6 Å². The first-order valence-electron chi connectivity index (χ1n) is 6.76. The number of hydrogen-bond acceptors (Lipinski definition) is 4. The number of fused-ring (bicyclic) bond motifs is 3. The zero-order valence-corrected chi connectivity index (χ0v) is 12.4. The van der Waals surface area contributed by atoms with Crippen LogP contribution in [0.4, 0.5) is 0 Å². The average Bonchev–Trinajstić information content (AvgIpc) is 2.94. The maximum absolute atomic E-state index is 12.1. The minimum atomic E-state index is 0.205. The predicted molar refractivity (Wildman–Crippen MR) is 84.6 cm³/mol. The lowest BCUT2D eigenvalue weighted by Gasteiger charge is -2.01. The van der Waals surface area contributed by atoms with Gasteiger partial charge in [0.15, 0.2) is 0 Å². The van der Waals surface area contributed by atoms with Crippen molar-refractivity contribution >= 4 is 28.3 Å². The second-order valence-corrected chi connectivity index (χ2v) is 5.38. The molecule has 110 valence electrons. The van der Waals surface area contributed by atoms with Gasteiger partial charge in [0, 0.05) is 21.8 Å². The van der Waals surface area contributed by atoms with Crippen LogP contribution in [0.25, 0.3) is 27.9 Å². The van der Waals surface area contributed by atoms with Gasteiger partial charge in [-0.25, -0.2) is 4.52 Å². The maximum atomic E-state index is 12.1. The molecule has 2 aromatic heterocycles. The van der Waals surface area contributed by atoms with Gasteiger partial charge in [-0.1, -0.05) is 41.9 Å². The lowest BCUT2D eigenvalue weighted by molar-refractivity contribution is -0.640. The zero-order valence-electron chi connectivity index (χ0n) is 11.6. The summed E-state index contributed by atoms with van der Waals surface area (Å²) in [6.07, 6.45) is 0. The standard InChI is InChI=1S/C16H8ClN5O/c17-11-6-7-13-14(8-11)21-16(20-22(13)23)12(9-18)15(19-21)10-4-2-1-3-5-10/h1-8H. The highest BCUT2D eigenvalue weighted by Gasteiger charge is 2.21. The number of benzene rings is 2. The Bertz CT molecular complexity index is 1100. The van der Waals surface area contributed by atoms with E-state index < -0.39 is 0 Å². The van der Waals surface area contributed by atoms with Crippen LogP contribution in [0.15, 0.2) is 48.5 Å².